The summed E-state index contributed by atoms with van der Waals surface area (Å²) in [5, 5.41) is 3.84. The molecule has 1 aromatic carbocycles. The molecule has 0 unspecified atom stereocenters. The van der Waals surface area contributed by atoms with Crippen LogP contribution in [0, 0.1) is 0 Å². The number of pyridine rings is 1. The highest BCUT2D eigenvalue weighted by molar-refractivity contribution is 5.85. The van der Waals surface area contributed by atoms with E-state index >= 15 is 0 Å². The van der Waals surface area contributed by atoms with Crippen molar-refractivity contribution in [2.75, 3.05) is 32.8 Å². The minimum absolute atomic E-state index is 0.0367. The fraction of sp³-hybridized carbons (Fsp3) is 0.500. The van der Waals surface area contributed by atoms with Gasteiger partial charge in [-0.1, -0.05) is 26.0 Å². The first-order chi connectivity index (χ1) is 12.6. The predicted octanol–water partition coefficient (Wildman–Crippen LogP) is 2.16. The highest BCUT2D eigenvalue weighted by Gasteiger charge is 2.08. The number of rotatable bonds is 10. The van der Waals surface area contributed by atoms with Crippen LogP contribution in [0.4, 0.5) is 0 Å². The van der Waals surface area contributed by atoms with E-state index in [9.17, 15) is 9.59 Å². The second kappa shape index (κ2) is 9.97. The van der Waals surface area contributed by atoms with Crippen LogP contribution in [0.2, 0.25) is 0 Å². The Morgan fingerprint density at radius 1 is 1.23 bits per heavy atom. The fourth-order valence-electron chi connectivity index (χ4n) is 2.90. The normalized spacial score (nSPS) is 11.1. The largest absolute Gasteiger partial charge is 0.493 e. The molecular formula is C20H29N3O3. The van der Waals surface area contributed by atoms with Crippen molar-refractivity contribution >= 4 is 16.8 Å². The van der Waals surface area contributed by atoms with Crippen LogP contribution in [0.5, 0.6) is 5.75 Å². The number of hydrogen-bond donors (Lipinski definition) is 1. The van der Waals surface area contributed by atoms with E-state index in [1.54, 1.807) is 11.6 Å². The summed E-state index contributed by atoms with van der Waals surface area (Å²) >= 11 is 0. The maximum atomic E-state index is 12.0. The SMILES string of the molecule is CCN(CC)CCNC(=O)CCCOc1cc(=O)n(C)c2ccccc12. The van der Waals surface area contributed by atoms with Crippen molar-refractivity contribution < 1.29 is 9.53 Å². The van der Waals surface area contributed by atoms with Crippen molar-refractivity contribution in [2.24, 2.45) is 7.05 Å². The van der Waals surface area contributed by atoms with Gasteiger partial charge >= 0.3 is 0 Å². The molecule has 0 saturated heterocycles. The molecule has 1 amide bonds. The Morgan fingerprint density at radius 3 is 2.69 bits per heavy atom. The minimum Gasteiger partial charge on any atom is -0.493 e. The summed E-state index contributed by atoms with van der Waals surface area (Å²) in [4.78, 5) is 26.2. The van der Waals surface area contributed by atoms with Gasteiger partial charge in [0.1, 0.15) is 5.75 Å². The number of nitrogens with one attached hydrogen (secondary N) is 1. The maximum absolute atomic E-state index is 12.0. The second-order valence-corrected chi connectivity index (χ2v) is 6.25. The summed E-state index contributed by atoms with van der Waals surface area (Å²) in [6.07, 6.45) is 1.03. The average Bonchev–Trinajstić information content (AvgIpc) is 2.66. The van der Waals surface area contributed by atoms with Gasteiger partial charge in [-0.15, -0.1) is 0 Å². The predicted molar refractivity (Wildman–Crippen MR) is 105 cm³/mol. The Bertz CT molecular complexity index is 781. The number of carbonyl (C=O) groups is 1. The van der Waals surface area contributed by atoms with Gasteiger partial charge in [0.25, 0.3) is 5.56 Å². The number of fused-ring (bicyclic) bond motifs is 1. The number of amides is 1. The maximum Gasteiger partial charge on any atom is 0.254 e. The molecule has 6 heteroatoms. The van der Waals surface area contributed by atoms with Crippen LogP contribution in [0.15, 0.2) is 35.1 Å². The van der Waals surface area contributed by atoms with Crippen LogP contribution in [0.25, 0.3) is 10.9 Å². The van der Waals surface area contributed by atoms with Gasteiger partial charge in [0.05, 0.1) is 12.1 Å². The van der Waals surface area contributed by atoms with Gasteiger partial charge in [-0.25, -0.2) is 0 Å². The molecule has 1 N–H and O–H groups in total. The summed E-state index contributed by atoms with van der Waals surface area (Å²) in [6, 6.07) is 9.15. The molecule has 0 bridgehead atoms. The molecule has 0 fully saturated rings. The molecule has 1 heterocycles. The highest BCUT2D eigenvalue weighted by atomic mass is 16.5. The van der Waals surface area contributed by atoms with Crippen LogP contribution in [-0.2, 0) is 11.8 Å². The first-order valence-electron chi connectivity index (χ1n) is 9.27. The van der Waals surface area contributed by atoms with Gasteiger partial charge in [-0.2, -0.15) is 0 Å². The highest BCUT2D eigenvalue weighted by Crippen LogP contribution is 2.23. The zero-order chi connectivity index (χ0) is 18.9. The lowest BCUT2D eigenvalue weighted by Crippen LogP contribution is -2.34. The topological polar surface area (TPSA) is 63.6 Å². The van der Waals surface area contributed by atoms with Crippen LogP contribution < -0.4 is 15.6 Å². The number of hydrogen-bond acceptors (Lipinski definition) is 4. The van der Waals surface area contributed by atoms with Crippen LogP contribution in [0.1, 0.15) is 26.7 Å². The third-order valence-electron chi connectivity index (χ3n) is 4.57. The molecule has 0 atom stereocenters. The number of aryl methyl sites for hydroxylation is 1. The molecular weight excluding hydrogens is 330 g/mol. The Kier molecular flexibility index (Phi) is 7.66. The van der Waals surface area contributed by atoms with Crippen molar-refractivity contribution in [1.82, 2.24) is 14.8 Å². The Balaban J connectivity index is 1.80. The summed E-state index contributed by atoms with van der Waals surface area (Å²) in [7, 11) is 1.75. The number of para-hydroxylation sites is 1. The molecule has 0 aliphatic carbocycles. The van der Waals surface area contributed by atoms with Crippen molar-refractivity contribution in [3.63, 3.8) is 0 Å². The number of carbonyl (C=O) groups excluding carboxylic acids is 1. The van der Waals surface area contributed by atoms with Crippen LogP contribution in [0.3, 0.4) is 0 Å². The van der Waals surface area contributed by atoms with Gasteiger partial charge in [-0.3, -0.25) is 9.59 Å². The van der Waals surface area contributed by atoms with E-state index in [1.807, 2.05) is 24.3 Å². The lowest BCUT2D eigenvalue weighted by atomic mass is 10.2. The van der Waals surface area contributed by atoms with Crippen molar-refractivity contribution in [3.8, 4) is 5.75 Å². The third kappa shape index (κ3) is 5.33. The summed E-state index contributed by atoms with van der Waals surface area (Å²) < 4.78 is 7.38. The summed E-state index contributed by atoms with van der Waals surface area (Å²) in [5.41, 5.74) is 0.733. The van der Waals surface area contributed by atoms with Crippen LogP contribution in [-0.4, -0.2) is 48.2 Å². The first kappa shape index (κ1) is 20.0. The average molecular weight is 359 g/mol. The molecule has 0 saturated carbocycles. The third-order valence-corrected chi connectivity index (χ3v) is 4.57. The summed E-state index contributed by atoms with van der Waals surface area (Å²) in [5.74, 6) is 0.611. The van der Waals surface area contributed by atoms with E-state index in [1.165, 1.54) is 6.07 Å². The van der Waals surface area contributed by atoms with Gasteiger partial charge in [0, 0.05) is 38.0 Å². The molecule has 142 valence electrons. The molecule has 0 radical (unpaired) electrons. The number of likely N-dealkylation sites (N-methyl/N-ethyl adjacent to an activating group) is 1. The van der Waals surface area contributed by atoms with E-state index in [2.05, 4.69) is 24.1 Å². The Morgan fingerprint density at radius 2 is 1.96 bits per heavy atom. The molecule has 1 aromatic heterocycles. The molecule has 0 spiro atoms. The zero-order valence-electron chi connectivity index (χ0n) is 16.0. The van der Waals surface area contributed by atoms with Crippen molar-refractivity contribution in [2.45, 2.75) is 26.7 Å². The summed E-state index contributed by atoms with van der Waals surface area (Å²) in [6.45, 7) is 8.15. The zero-order valence-corrected chi connectivity index (χ0v) is 16.0. The lowest BCUT2D eigenvalue weighted by molar-refractivity contribution is -0.121. The molecule has 6 nitrogen and oxygen atoms in total. The number of nitrogens with zero attached hydrogens (tertiary/aromatic N) is 2. The second-order valence-electron chi connectivity index (χ2n) is 6.25. The minimum atomic E-state index is -0.104. The number of ether oxygens (including phenoxy) is 1. The molecule has 2 aromatic rings. The monoisotopic (exact) mass is 359 g/mol. The van der Waals surface area contributed by atoms with Gasteiger partial charge < -0.3 is 19.5 Å². The van der Waals surface area contributed by atoms with Crippen molar-refractivity contribution in [1.29, 1.82) is 0 Å². The molecule has 0 aliphatic heterocycles. The van der Waals surface area contributed by atoms with E-state index in [0.29, 0.717) is 31.7 Å². The van der Waals surface area contributed by atoms with Crippen molar-refractivity contribution in [3.05, 3.63) is 40.7 Å². The molecule has 0 aliphatic rings. The lowest BCUT2D eigenvalue weighted by Gasteiger charge is -2.17. The quantitative estimate of drug-likeness (QED) is 0.660. The van der Waals surface area contributed by atoms with E-state index in [4.69, 9.17) is 4.74 Å². The van der Waals surface area contributed by atoms with E-state index in [-0.39, 0.29) is 11.5 Å². The van der Waals surface area contributed by atoms with Crippen LogP contribution >= 0.6 is 0 Å². The number of aromatic nitrogens is 1. The van der Waals surface area contributed by atoms with Gasteiger partial charge in [0.15, 0.2) is 0 Å². The van der Waals surface area contributed by atoms with Gasteiger partial charge in [-0.05, 0) is 31.6 Å². The van der Waals surface area contributed by atoms with E-state index < -0.39 is 0 Å². The first-order valence-corrected chi connectivity index (χ1v) is 9.27. The standard InChI is InChI=1S/C20H29N3O3/c1-4-23(5-2)13-12-21-19(24)11-8-14-26-18-15-20(25)22(3)17-10-7-6-9-16(17)18/h6-7,9-10,15H,4-5,8,11-14H2,1-3H3,(H,21,24). The van der Waals surface area contributed by atoms with Gasteiger partial charge in [0.2, 0.25) is 5.91 Å². The molecule has 2 rings (SSSR count). The fourth-order valence-corrected chi connectivity index (χ4v) is 2.90. The van der Waals surface area contributed by atoms with E-state index in [0.717, 1.165) is 30.5 Å². The number of benzene rings is 1. The Labute approximate surface area is 154 Å². The molecule has 26 heavy (non-hydrogen) atoms. The Hall–Kier alpha value is -2.34. The smallest absolute Gasteiger partial charge is 0.254 e.